The van der Waals surface area contributed by atoms with Crippen LogP contribution in [-0.4, -0.2) is 27.4 Å². The normalized spacial score (nSPS) is 9.83. The molecule has 1 amide bonds. The number of aromatic nitrogens is 3. The van der Waals surface area contributed by atoms with Gasteiger partial charge in [0, 0.05) is 12.7 Å². The van der Waals surface area contributed by atoms with Gasteiger partial charge < -0.3 is 10.6 Å². The third kappa shape index (κ3) is 2.79. The van der Waals surface area contributed by atoms with Gasteiger partial charge in [-0.15, -0.1) is 0 Å². The fourth-order valence-electron chi connectivity index (χ4n) is 1.46. The third-order valence-corrected chi connectivity index (χ3v) is 2.22. The first-order valence-corrected chi connectivity index (χ1v) is 5.56. The molecule has 2 heterocycles. The summed E-state index contributed by atoms with van der Waals surface area (Å²) in [5.41, 5.74) is 1.04. The molecule has 0 fully saturated rings. The maximum Gasteiger partial charge on any atom is 0.259 e. The molecule has 0 aliphatic carbocycles. The predicted molar refractivity (Wildman–Crippen MR) is 68.4 cm³/mol. The van der Waals surface area contributed by atoms with Gasteiger partial charge in [0.1, 0.15) is 12.1 Å². The minimum Gasteiger partial charge on any atom is -0.370 e. The molecule has 18 heavy (non-hydrogen) atoms. The Kier molecular flexibility index (Phi) is 3.80. The van der Waals surface area contributed by atoms with Gasteiger partial charge in [-0.05, 0) is 19.1 Å². The summed E-state index contributed by atoms with van der Waals surface area (Å²) in [7, 11) is 0. The molecule has 0 spiro atoms. The standard InChI is InChI=1S/C12H13N5O/c1-2-15-11-10(4-3-5-16-11)12(18)17-9-6-13-8-14-7-9/h3-8H,2H2,1H3,(H,15,16)(H,17,18). The van der Waals surface area contributed by atoms with Gasteiger partial charge >= 0.3 is 0 Å². The van der Waals surface area contributed by atoms with E-state index >= 15 is 0 Å². The Hall–Kier alpha value is -2.50. The highest BCUT2D eigenvalue weighted by Crippen LogP contribution is 2.13. The number of nitrogens with zero attached hydrogens (tertiary/aromatic N) is 3. The topological polar surface area (TPSA) is 79.8 Å². The lowest BCUT2D eigenvalue weighted by molar-refractivity contribution is 0.102. The molecule has 0 radical (unpaired) electrons. The molecule has 92 valence electrons. The molecule has 0 aliphatic heterocycles. The maximum atomic E-state index is 12.1. The van der Waals surface area contributed by atoms with E-state index in [1.807, 2.05) is 6.92 Å². The molecule has 0 aromatic carbocycles. The van der Waals surface area contributed by atoms with Crippen LogP contribution in [0.5, 0.6) is 0 Å². The Balaban J connectivity index is 2.19. The predicted octanol–water partition coefficient (Wildman–Crippen LogP) is 1.56. The summed E-state index contributed by atoms with van der Waals surface area (Å²) < 4.78 is 0. The summed E-state index contributed by atoms with van der Waals surface area (Å²) in [4.78, 5) is 23.9. The zero-order chi connectivity index (χ0) is 12.8. The summed E-state index contributed by atoms with van der Waals surface area (Å²) >= 11 is 0. The van der Waals surface area contributed by atoms with E-state index in [-0.39, 0.29) is 5.91 Å². The molecule has 6 heteroatoms. The average molecular weight is 243 g/mol. The van der Waals surface area contributed by atoms with E-state index in [4.69, 9.17) is 0 Å². The Morgan fingerprint density at radius 3 is 2.83 bits per heavy atom. The number of anilines is 2. The first-order valence-electron chi connectivity index (χ1n) is 5.56. The summed E-state index contributed by atoms with van der Waals surface area (Å²) in [6.07, 6.45) is 6.12. The van der Waals surface area contributed by atoms with Gasteiger partial charge in [-0.1, -0.05) is 0 Å². The molecule has 2 aromatic heterocycles. The van der Waals surface area contributed by atoms with Crippen LogP contribution in [0.2, 0.25) is 0 Å². The first kappa shape index (κ1) is 12.0. The minimum absolute atomic E-state index is 0.242. The number of amides is 1. The summed E-state index contributed by atoms with van der Waals surface area (Å²) in [5, 5.41) is 5.75. The van der Waals surface area contributed by atoms with Gasteiger partial charge in [0.2, 0.25) is 0 Å². The fourth-order valence-corrected chi connectivity index (χ4v) is 1.46. The van der Waals surface area contributed by atoms with Gasteiger partial charge in [0.15, 0.2) is 0 Å². The van der Waals surface area contributed by atoms with Gasteiger partial charge in [0.05, 0.1) is 23.6 Å². The van der Waals surface area contributed by atoms with E-state index in [0.29, 0.717) is 23.6 Å². The number of pyridine rings is 1. The van der Waals surface area contributed by atoms with Crippen LogP contribution in [0.15, 0.2) is 37.1 Å². The van der Waals surface area contributed by atoms with Crippen LogP contribution in [0, 0.1) is 0 Å². The van der Waals surface area contributed by atoms with Crippen molar-refractivity contribution in [3.63, 3.8) is 0 Å². The van der Waals surface area contributed by atoms with Crippen LogP contribution in [0.3, 0.4) is 0 Å². The lowest BCUT2D eigenvalue weighted by Crippen LogP contribution is -2.15. The van der Waals surface area contributed by atoms with Gasteiger partial charge in [-0.25, -0.2) is 15.0 Å². The average Bonchev–Trinajstić information content (AvgIpc) is 2.41. The molecule has 0 saturated heterocycles. The van der Waals surface area contributed by atoms with Crippen molar-refractivity contribution in [1.29, 1.82) is 0 Å². The van der Waals surface area contributed by atoms with Gasteiger partial charge in [0.25, 0.3) is 5.91 Å². The minimum atomic E-state index is -0.242. The molecular weight excluding hydrogens is 230 g/mol. The molecule has 2 rings (SSSR count). The van der Waals surface area contributed by atoms with E-state index in [2.05, 4.69) is 25.6 Å². The number of nitrogens with one attached hydrogen (secondary N) is 2. The van der Waals surface area contributed by atoms with Crippen LogP contribution in [-0.2, 0) is 0 Å². The maximum absolute atomic E-state index is 12.1. The molecule has 0 bridgehead atoms. The Morgan fingerprint density at radius 2 is 2.11 bits per heavy atom. The quantitative estimate of drug-likeness (QED) is 0.851. The number of carbonyl (C=O) groups excluding carboxylic acids is 1. The summed E-state index contributed by atoms with van der Waals surface area (Å²) in [6.45, 7) is 2.65. The Morgan fingerprint density at radius 1 is 1.33 bits per heavy atom. The zero-order valence-electron chi connectivity index (χ0n) is 9.92. The molecule has 0 saturated carbocycles. The second-order valence-electron chi connectivity index (χ2n) is 3.51. The second-order valence-corrected chi connectivity index (χ2v) is 3.51. The van der Waals surface area contributed by atoms with E-state index in [1.165, 1.54) is 18.7 Å². The van der Waals surface area contributed by atoms with E-state index in [0.717, 1.165) is 0 Å². The zero-order valence-corrected chi connectivity index (χ0v) is 9.92. The lowest BCUT2D eigenvalue weighted by atomic mass is 10.2. The van der Waals surface area contributed by atoms with Crippen molar-refractivity contribution < 1.29 is 4.79 Å². The highest BCUT2D eigenvalue weighted by molar-refractivity contribution is 6.07. The number of rotatable bonds is 4. The molecule has 2 N–H and O–H groups in total. The van der Waals surface area contributed by atoms with Crippen molar-refractivity contribution in [2.45, 2.75) is 6.92 Å². The monoisotopic (exact) mass is 243 g/mol. The lowest BCUT2D eigenvalue weighted by Gasteiger charge is -2.09. The molecule has 2 aromatic rings. The van der Waals surface area contributed by atoms with Crippen molar-refractivity contribution >= 4 is 17.4 Å². The number of carbonyl (C=O) groups is 1. The van der Waals surface area contributed by atoms with Crippen LogP contribution in [0.25, 0.3) is 0 Å². The van der Waals surface area contributed by atoms with E-state index in [9.17, 15) is 4.79 Å². The van der Waals surface area contributed by atoms with Crippen LogP contribution >= 0.6 is 0 Å². The van der Waals surface area contributed by atoms with E-state index < -0.39 is 0 Å². The van der Waals surface area contributed by atoms with E-state index in [1.54, 1.807) is 18.3 Å². The van der Waals surface area contributed by atoms with Gasteiger partial charge in [-0.2, -0.15) is 0 Å². The largest absolute Gasteiger partial charge is 0.370 e. The Bertz CT molecular complexity index is 529. The smallest absolute Gasteiger partial charge is 0.259 e. The van der Waals surface area contributed by atoms with Crippen molar-refractivity contribution in [3.05, 3.63) is 42.6 Å². The Labute approximate surface area is 105 Å². The molecule has 0 atom stereocenters. The van der Waals surface area contributed by atoms with Crippen molar-refractivity contribution in [2.75, 3.05) is 17.2 Å². The van der Waals surface area contributed by atoms with Crippen LogP contribution < -0.4 is 10.6 Å². The van der Waals surface area contributed by atoms with Crippen molar-refractivity contribution in [3.8, 4) is 0 Å². The molecular formula is C12H13N5O. The fraction of sp³-hybridized carbons (Fsp3) is 0.167. The molecule has 6 nitrogen and oxygen atoms in total. The highest BCUT2D eigenvalue weighted by Gasteiger charge is 2.11. The summed E-state index contributed by atoms with van der Waals surface area (Å²) in [6, 6.07) is 3.43. The van der Waals surface area contributed by atoms with Crippen molar-refractivity contribution in [1.82, 2.24) is 15.0 Å². The van der Waals surface area contributed by atoms with Crippen LogP contribution in [0.1, 0.15) is 17.3 Å². The summed E-state index contributed by atoms with van der Waals surface area (Å²) in [5.74, 6) is 0.322. The first-order chi connectivity index (χ1) is 8.81. The van der Waals surface area contributed by atoms with Gasteiger partial charge in [-0.3, -0.25) is 4.79 Å². The second kappa shape index (κ2) is 5.72. The number of hydrogen-bond acceptors (Lipinski definition) is 5. The van der Waals surface area contributed by atoms with Crippen LogP contribution in [0.4, 0.5) is 11.5 Å². The SMILES string of the molecule is CCNc1ncccc1C(=O)Nc1cncnc1. The highest BCUT2D eigenvalue weighted by atomic mass is 16.1. The molecule has 0 unspecified atom stereocenters. The molecule has 0 aliphatic rings. The van der Waals surface area contributed by atoms with Crippen molar-refractivity contribution in [2.24, 2.45) is 0 Å². The number of hydrogen-bond donors (Lipinski definition) is 2. The third-order valence-electron chi connectivity index (χ3n) is 2.22.